The van der Waals surface area contributed by atoms with E-state index in [4.69, 9.17) is 91.9 Å². The van der Waals surface area contributed by atoms with Gasteiger partial charge in [-0.2, -0.15) is 0 Å². The number of rotatable bonds is 0. The maximum absolute atomic E-state index is 8.25. The first-order valence-electron chi connectivity index (χ1n) is 3.29. The largest absolute Gasteiger partial charge is 3.00 e. The van der Waals surface area contributed by atoms with E-state index >= 15 is 0 Å². The Labute approximate surface area is 204 Å². The average molecular weight is 652 g/mol. The summed E-state index contributed by atoms with van der Waals surface area (Å²) in [6, 6.07) is 0. The first-order valence-corrected chi connectivity index (χ1v) is 3.29. The van der Waals surface area contributed by atoms with Crippen molar-refractivity contribution >= 4 is 0 Å². The molecule has 0 aliphatic heterocycles. The Morgan fingerprint density at radius 1 is 0.269 bits per heavy atom. The second-order valence-electron chi connectivity index (χ2n) is 1.34. The molecule has 0 aliphatic carbocycles. The Kier molecular flexibility index (Phi) is 82.9. The number of nitrogens with zero attached hydrogens (tertiary/aromatic N) is 6. The minimum Gasteiger partial charge on any atom is -0.356 e. The van der Waals surface area contributed by atoms with Gasteiger partial charge in [-0.05, 0) is 0 Å². The van der Waals surface area contributed by atoms with Gasteiger partial charge in [-0.1, -0.05) is 0 Å². The first kappa shape index (κ1) is 49.6. The van der Waals surface area contributed by atoms with Gasteiger partial charge in [0.05, 0.1) is 30.5 Å². The molecule has 0 spiro atoms. The summed E-state index contributed by atoms with van der Waals surface area (Å²) >= 11 is 0. The van der Waals surface area contributed by atoms with Crippen molar-refractivity contribution in [3.8, 4) is 0 Å². The molecule has 0 aromatic heterocycles. The predicted octanol–water partition coefficient (Wildman–Crippen LogP) is -1.43. The standard InChI is InChI=1S/2Ce.6NO3/c;;6*2-1(3)4/q2*+3;6*-1. The van der Waals surface area contributed by atoms with Gasteiger partial charge in [-0.25, -0.2) is 0 Å². The fraction of sp³-hybridized carbons (Fsp3) is 0. The van der Waals surface area contributed by atoms with E-state index in [1.165, 1.54) is 0 Å². The molecule has 0 aromatic rings. The molecule has 26 heteroatoms. The van der Waals surface area contributed by atoms with Crippen molar-refractivity contribution in [2.75, 3.05) is 0 Å². The van der Waals surface area contributed by atoms with Crippen molar-refractivity contribution in [2.45, 2.75) is 0 Å². The van der Waals surface area contributed by atoms with Crippen LogP contribution in [0.3, 0.4) is 0 Å². The second kappa shape index (κ2) is 43.5. The minimum absolute atomic E-state index is 0. The fourth-order valence-corrected chi connectivity index (χ4v) is 0. The molecular weight excluding hydrogens is 652 g/mol. The van der Waals surface area contributed by atoms with Crippen LogP contribution in [0, 0.1) is 175 Å². The van der Waals surface area contributed by atoms with E-state index in [1.807, 2.05) is 0 Å². The molecule has 0 saturated carbocycles. The molecule has 0 amide bonds. The van der Waals surface area contributed by atoms with Gasteiger partial charge in [-0.3, -0.25) is 0 Å². The summed E-state index contributed by atoms with van der Waals surface area (Å²) < 4.78 is 0. The van der Waals surface area contributed by atoms with Gasteiger partial charge >= 0.3 is 83.5 Å². The van der Waals surface area contributed by atoms with Crippen molar-refractivity contribution in [3.05, 3.63) is 91.9 Å². The van der Waals surface area contributed by atoms with Crippen molar-refractivity contribution in [1.82, 2.24) is 0 Å². The maximum Gasteiger partial charge on any atom is 3.00 e. The van der Waals surface area contributed by atoms with Crippen LogP contribution in [0.15, 0.2) is 0 Å². The molecule has 0 fully saturated rings. The van der Waals surface area contributed by atoms with Crippen molar-refractivity contribution in [3.63, 3.8) is 0 Å². The summed E-state index contributed by atoms with van der Waals surface area (Å²) in [5, 5.41) is 88.5. The van der Waals surface area contributed by atoms with Gasteiger partial charge in [0.1, 0.15) is 0 Å². The van der Waals surface area contributed by atoms with Crippen LogP contribution in [-0.4, -0.2) is 30.5 Å². The number of hydrogen-bond donors (Lipinski definition) is 0. The summed E-state index contributed by atoms with van der Waals surface area (Å²) in [6.07, 6.45) is 0. The second-order valence-corrected chi connectivity index (χ2v) is 1.34. The number of hydrogen-bond acceptors (Lipinski definition) is 18. The third kappa shape index (κ3) is 2300. The van der Waals surface area contributed by atoms with Gasteiger partial charge < -0.3 is 91.9 Å². The molecule has 0 bridgehead atoms. The van der Waals surface area contributed by atoms with Crippen LogP contribution in [0.4, 0.5) is 0 Å². The topological polar surface area (TPSA) is 397 Å². The molecule has 0 heterocycles. The monoisotopic (exact) mass is 652 g/mol. The third-order valence-corrected chi connectivity index (χ3v) is 0. The van der Waals surface area contributed by atoms with Crippen LogP contribution in [0.25, 0.3) is 0 Å². The van der Waals surface area contributed by atoms with E-state index in [2.05, 4.69) is 0 Å². The zero-order valence-electron chi connectivity index (χ0n) is 11.0. The molecule has 0 atom stereocenters. The summed E-state index contributed by atoms with van der Waals surface area (Å²) in [6.45, 7) is 0. The molecule has 0 aliphatic rings. The first-order chi connectivity index (χ1) is 10.4. The molecule has 0 aromatic carbocycles. The summed E-state index contributed by atoms with van der Waals surface area (Å²) in [7, 11) is 0. The Balaban J connectivity index is -0.0000000245. The predicted molar refractivity (Wildman–Crippen MR) is 62.2 cm³/mol. The van der Waals surface area contributed by atoms with Crippen LogP contribution in [0.5, 0.6) is 0 Å². The molecule has 0 rings (SSSR count). The molecule has 26 heavy (non-hydrogen) atoms. The van der Waals surface area contributed by atoms with Gasteiger partial charge in [0, 0.05) is 0 Å². The molecule has 24 nitrogen and oxygen atoms in total. The average Bonchev–Trinajstić information content (AvgIpc) is 2.08. The molecule has 0 N–H and O–H groups in total. The van der Waals surface area contributed by atoms with Gasteiger partial charge in [0.2, 0.25) is 0 Å². The van der Waals surface area contributed by atoms with Crippen molar-refractivity contribution in [1.29, 1.82) is 0 Å². The van der Waals surface area contributed by atoms with Crippen molar-refractivity contribution in [2.24, 2.45) is 0 Å². The van der Waals surface area contributed by atoms with E-state index in [-0.39, 0.29) is 83.5 Å². The van der Waals surface area contributed by atoms with E-state index in [0.717, 1.165) is 0 Å². The van der Waals surface area contributed by atoms with Crippen LogP contribution in [0.2, 0.25) is 0 Å². The molecule has 0 unspecified atom stereocenters. The smallest absolute Gasteiger partial charge is 0.356 e. The third-order valence-electron chi connectivity index (χ3n) is 0. The molecule has 146 valence electrons. The molecular formula is Ce2N6O18. The van der Waals surface area contributed by atoms with Gasteiger partial charge in [0.25, 0.3) is 0 Å². The normalized spacial score (nSPS) is 5.54. The zero-order valence-corrected chi connectivity index (χ0v) is 17.3. The Morgan fingerprint density at radius 3 is 0.269 bits per heavy atom. The van der Waals surface area contributed by atoms with Gasteiger partial charge in [0.15, 0.2) is 0 Å². The van der Waals surface area contributed by atoms with Gasteiger partial charge in [-0.15, -0.1) is 0 Å². The van der Waals surface area contributed by atoms with Crippen LogP contribution in [-0.2, 0) is 0 Å². The summed E-state index contributed by atoms with van der Waals surface area (Å²) in [5.41, 5.74) is 0. The van der Waals surface area contributed by atoms with E-state index in [1.54, 1.807) is 0 Å². The maximum atomic E-state index is 8.25. The van der Waals surface area contributed by atoms with E-state index in [0.29, 0.717) is 0 Å². The van der Waals surface area contributed by atoms with E-state index < -0.39 is 30.5 Å². The Bertz CT molecular complexity index is 261. The Morgan fingerprint density at radius 2 is 0.269 bits per heavy atom. The molecule has 2 radical (unpaired) electrons. The van der Waals surface area contributed by atoms with Crippen molar-refractivity contribution < 1.29 is 114 Å². The Hall–Kier alpha value is -2.05. The molecule has 0 saturated heterocycles. The summed E-state index contributed by atoms with van der Waals surface area (Å²) in [4.78, 5) is 49.5. The van der Waals surface area contributed by atoms with E-state index in [9.17, 15) is 0 Å². The fourth-order valence-electron chi connectivity index (χ4n) is 0. The summed E-state index contributed by atoms with van der Waals surface area (Å²) in [5.74, 6) is 0. The SMILES string of the molecule is O=[N+]([O-])[O-].O=[N+]([O-])[O-].O=[N+]([O-])[O-].O=[N+]([O-])[O-].O=[N+]([O-])[O-].O=[N+]([O-])[O-].[Ce+3].[Ce+3]. The zero-order chi connectivity index (χ0) is 21.5. The minimum atomic E-state index is -1.75. The quantitative estimate of drug-likeness (QED) is 0.213. The van der Waals surface area contributed by atoms with Crippen LogP contribution in [0.1, 0.15) is 0 Å². The van der Waals surface area contributed by atoms with Crippen LogP contribution >= 0.6 is 0 Å². The van der Waals surface area contributed by atoms with Crippen LogP contribution < -0.4 is 0 Å².